The summed E-state index contributed by atoms with van der Waals surface area (Å²) in [6.45, 7) is 7.65. The van der Waals surface area contributed by atoms with Gasteiger partial charge in [0.2, 0.25) is 5.95 Å². The summed E-state index contributed by atoms with van der Waals surface area (Å²) in [4.78, 5) is 37.0. The first kappa shape index (κ1) is 21.8. The Bertz CT molecular complexity index is 961. The minimum atomic E-state index is -0.847. The van der Waals surface area contributed by atoms with Gasteiger partial charge in [0.15, 0.2) is 0 Å². The molecule has 2 aliphatic heterocycles. The average Bonchev–Trinajstić information content (AvgIpc) is 3.12. The number of ether oxygens (including phenoxy) is 1. The Morgan fingerprint density at radius 3 is 2.56 bits per heavy atom. The number of hydrogen-bond donors (Lipinski definition) is 2. The maximum atomic E-state index is 12.0. The van der Waals surface area contributed by atoms with Crippen LogP contribution >= 0.6 is 0 Å². The first-order valence-electron chi connectivity index (χ1n) is 10.8. The van der Waals surface area contributed by atoms with Gasteiger partial charge in [0.25, 0.3) is 0 Å². The number of carbonyl (C=O) groups is 2. The minimum Gasteiger partial charge on any atom is -0.465 e. The Morgan fingerprint density at radius 2 is 1.94 bits per heavy atom. The van der Waals surface area contributed by atoms with E-state index in [0.717, 1.165) is 25.2 Å². The van der Waals surface area contributed by atoms with Gasteiger partial charge in [-0.25, -0.2) is 14.6 Å². The second-order valence-electron chi connectivity index (χ2n) is 8.19. The van der Waals surface area contributed by atoms with Crippen LogP contribution < -0.4 is 10.2 Å². The molecule has 2 N–H and O–H groups in total. The summed E-state index contributed by atoms with van der Waals surface area (Å²) in [5.41, 5.74) is 2.27. The SMILES string of the molecule is C[C@H](Nc1nccc(N2C(=O)OC[C@@H]2C)n1)c1ccc(CN2CCN(C(=O)O)CC2)cc1. The first-order valence-corrected chi connectivity index (χ1v) is 10.8. The number of nitrogens with zero attached hydrogens (tertiary/aromatic N) is 5. The third-order valence-electron chi connectivity index (χ3n) is 5.85. The Morgan fingerprint density at radius 1 is 1.22 bits per heavy atom. The number of carboxylic acid groups (broad SMARTS) is 1. The van der Waals surface area contributed by atoms with E-state index >= 15 is 0 Å². The molecule has 1 aromatic heterocycles. The highest BCUT2D eigenvalue weighted by molar-refractivity contribution is 5.89. The molecule has 2 aliphatic rings. The lowest BCUT2D eigenvalue weighted by Crippen LogP contribution is -2.47. The van der Waals surface area contributed by atoms with Gasteiger partial charge in [-0.2, -0.15) is 4.98 Å². The number of anilines is 2. The van der Waals surface area contributed by atoms with E-state index < -0.39 is 12.2 Å². The van der Waals surface area contributed by atoms with Crippen LogP contribution in [0.25, 0.3) is 0 Å². The van der Waals surface area contributed by atoms with Crippen molar-refractivity contribution >= 4 is 24.0 Å². The summed E-state index contributed by atoms with van der Waals surface area (Å²) in [6, 6.07) is 9.94. The van der Waals surface area contributed by atoms with Crippen molar-refractivity contribution in [1.29, 1.82) is 0 Å². The number of aromatic nitrogens is 2. The zero-order valence-corrected chi connectivity index (χ0v) is 18.3. The third kappa shape index (κ3) is 4.91. The van der Waals surface area contributed by atoms with Crippen LogP contribution in [0.2, 0.25) is 0 Å². The van der Waals surface area contributed by atoms with Crippen LogP contribution in [0.5, 0.6) is 0 Å². The Labute approximate surface area is 186 Å². The molecule has 2 fully saturated rings. The van der Waals surface area contributed by atoms with E-state index in [1.807, 2.05) is 13.8 Å². The van der Waals surface area contributed by atoms with Gasteiger partial charge in [-0.15, -0.1) is 0 Å². The van der Waals surface area contributed by atoms with Crippen LogP contribution in [0, 0.1) is 0 Å². The molecule has 2 saturated heterocycles. The Kier molecular flexibility index (Phi) is 6.40. The summed E-state index contributed by atoms with van der Waals surface area (Å²) >= 11 is 0. The van der Waals surface area contributed by atoms with E-state index in [0.29, 0.717) is 31.5 Å². The van der Waals surface area contributed by atoms with Gasteiger partial charge in [0.1, 0.15) is 12.4 Å². The van der Waals surface area contributed by atoms with E-state index in [1.54, 1.807) is 12.3 Å². The van der Waals surface area contributed by atoms with Gasteiger partial charge in [-0.05, 0) is 31.0 Å². The normalized spacial score (nSPS) is 20.2. The van der Waals surface area contributed by atoms with E-state index in [9.17, 15) is 9.59 Å². The van der Waals surface area contributed by atoms with Gasteiger partial charge < -0.3 is 20.1 Å². The molecular weight excluding hydrogens is 412 g/mol. The van der Waals surface area contributed by atoms with Crippen molar-refractivity contribution in [2.24, 2.45) is 0 Å². The van der Waals surface area contributed by atoms with Crippen LogP contribution in [-0.4, -0.2) is 75.9 Å². The molecule has 0 aliphatic carbocycles. The fourth-order valence-corrected chi connectivity index (χ4v) is 3.93. The molecule has 0 radical (unpaired) electrons. The van der Waals surface area contributed by atoms with E-state index in [-0.39, 0.29) is 12.1 Å². The maximum Gasteiger partial charge on any atom is 0.415 e. The van der Waals surface area contributed by atoms with Crippen molar-refractivity contribution in [3.63, 3.8) is 0 Å². The monoisotopic (exact) mass is 440 g/mol. The van der Waals surface area contributed by atoms with Gasteiger partial charge in [0, 0.05) is 38.9 Å². The topological polar surface area (TPSA) is 111 Å². The van der Waals surface area contributed by atoms with Crippen molar-refractivity contribution < 1.29 is 19.4 Å². The molecule has 2 atom stereocenters. The highest BCUT2D eigenvalue weighted by Crippen LogP contribution is 2.23. The van der Waals surface area contributed by atoms with Crippen LogP contribution in [0.15, 0.2) is 36.5 Å². The van der Waals surface area contributed by atoms with Crippen LogP contribution in [0.1, 0.15) is 31.0 Å². The first-order chi connectivity index (χ1) is 15.4. The highest BCUT2D eigenvalue weighted by atomic mass is 16.6. The van der Waals surface area contributed by atoms with E-state index in [4.69, 9.17) is 9.84 Å². The summed E-state index contributed by atoms with van der Waals surface area (Å²) in [5.74, 6) is 0.963. The molecule has 2 amide bonds. The predicted octanol–water partition coefficient (Wildman–Crippen LogP) is 2.79. The molecule has 0 bridgehead atoms. The van der Waals surface area contributed by atoms with Crippen molar-refractivity contribution in [3.05, 3.63) is 47.7 Å². The highest BCUT2D eigenvalue weighted by Gasteiger charge is 2.32. The van der Waals surface area contributed by atoms with Crippen molar-refractivity contribution in [2.45, 2.75) is 32.5 Å². The number of cyclic esters (lactones) is 1. The summed E-state index contributed by atoms with van der Waals surface area (Å²) in [6.07, 6.45) is 0.387. The lowest BCUT2D eigenvalue weighted by molar-refractivity contribution is 0.103. The molecule has 10 nitrogen and oxygen atoms in total. The molecule has 1 aromatic carbocycles. The lowest BCUT2D eigenvalue weighted by atomic mass is 10.1. The zero-order chi connectivity index (χ0) is 22.7. The number of nitrogens with one attached hydrogen (secondary N) is 1. The number of benzene rings is 1. The quantitative estimate of drug-likeness (QED) is 0.705. The van der Waals surface area contributed by atoms with Gasteiger partial charge in [-0.1, -0.05) is 24.3 Å². The van der Waals surface area contributed by atoms with Gasteiger partial charge >= 0.3 is 12.2 Å². The second kappa shape index (κ2) is 9.39. The maximum absolute atomic E-state index is 12.0. The minimum absolute atomic E-state index is 0.0265. The van der Waals surface area contributed by atoms with E-state index in [2.05, 4.69) is 44.5 Å². The number of piperazine rings is 1. The zero-order valence-electron chi connectivity index (χ0n) is 18.3. The van der Waals surface area contributed by atoms with Crippen LogP contribution in [0.3, 0.4) is 0 Å². The van der Waals surface area contributed by atoms with Gasteiger partial charge in [0.05, 0.1) is 12.1 Å². The average molecular weight is 441 g/mol. The number of hydrogen-bond acceptors (Lipinski definition) is 7. The van der Waals surface area contributed by atoms with Crippen LogP contribution in [-0.2, 0) is 11.3 Å². The Hall–Kier alpha value is -3.40. The number of amides is 2. The summed E-state index contributed by atoms with van der Waals surface area (Å²) in [5, 5.41) is 12.4. The van der Waals surface area contributed by atoms with E-state index in [1.165, 1.54) is 15.4 Å². The summed E-state index contributed by atoms with van der Waals surface area (Å²) < 4.78 is 5.08. The van der Waals surface area contributed by atoms with Crippen molar-refractivity contribution in [2.75, 3.05) is 43.0 Å². The molecule has 4 rings (SSSR count). The number of rotatable bonds is 6. The van der Waals surface area contributed by atoms with Crippen LogP contribution in [0.4, 0.5) is 21.4 Å². The summed E-state index contributed by atoms with van der Waals surface area (Å²) in [7, 11) is 0. The predicted molar refractivity (Wildman–Crippen MR) is 119 cm³/mol. The third-order valence-corrected chi connectivity index (χ3v) is 5.85. The molecule has 2 aromatic rings. The van der Waals surface area contributed by atoms with Crippen molar-refractivity contribution in [1.82, 2.24) is 19.8 Å². The molecule has 0 unspecified atom stereocenters. The second-order valence-corrected chi connectivity index (χ2v) is 8.19. The number of carbonyl (C=O) groups excluding carboxylic acids is 1. The fraction of sp³-hybridized carbons (Fsp3) is 0.455. The van der Waals surface area contributed by atoms with Gasteiger partial charge in [-0.3, -0.25) is 9.80 Å². The Balaban J connectivity index is 1.34. The molecular formula is C22H28N6O4. The molecule has 0 spiro atoms. The smallest absolute Gasteiger partial charge is 0.415 e. The largest absolute Gasteiger partial charge is 0.465 e. The van der Waals surface area contributed by atoms with Crippen molar-refractivity contribution in [3.8, 4) is 0 Å². The molecule has 3 heterocycles. The molecule has 32 heavy (non-hydrogen) atoms. The fourth-order valence-electron chi connectivity index (χ4n) is 3.93. The molecule has 10 heteroatoms. The standard InChI is InChI=1S/C22H28N6O4/c1-15-14-32-22(31)28(15)19-7-8-23-20(25-19)24-16(2)18-5-3-17(4-6-18)13-26-9-11-27(12-10-26)21(29)30/h3-8,15-16H,9-14H2,1-2H3,(H,29,30)(H,23,24,25)/t15-,16-/m0/s1. The lowest BCUT2D eigenvalue weighted by Gasteiger charge is -2.33. The molecule has 0 saturated carbocycles. The molecule has 170 valence electrons.